The summed E-state index contributed by atoms with van der Waals surface area (Å²) < 4.78 is 21.3. The van der Waals surface area contributed by atoms with Crippen molar-refractivity contribution in [3.63, 3.8) is 0 Å². The third-order valence-corrected chi connectivity index (χ3v) is 6.45. The molecule has 8 heteroatoms. The number of rotatable bonds is 9. The first-order chi connectivity index (χ1) is 10.1. The predicted molar refractivity (Wildman–Crippen MR) is 80.9 cm³/mol. The highest BCUT2D eigenvalue weighted by Crippen LogP contribution is 2.11. The Morgan fingerprint density at radius 3 is 2.00 bits per heavy atom. The van der Waals surface area contributed by atoms with Gasteiger partial charge in [0, 0.05) is 54.1 Å². The maximum atomic E-state index is 11.4. The number of hydrogen-bond acceptors (Lipinski definition) is 7. The minimum atomic E-state index is -2.54. The number of esters is 1. The normalized spacial score (nSPS) is 17.9. The summed E-state index contributed by atoms with van der Waals surface area (Å²) in [7, 11) is 2.36. The molecule has 1 saturated heterocycles. The lowest BCUT2D eigenvalue weighted by atomic mass is 10.3. The fraction of sp³-hybridized carbons (Fsp3) is 0.923. The molecule has 1 heterocycles. The zero-order chi connectivity index (χ0) is 15.7. The molecule has 0 spiro atoms. The van der Waals surface area contributed by atoms with Crippen LogP contribution in [0.25, 0.3) is 0 Å². The maximum Gasteiger partial charge on any atom is 0.514 e. The second-order valence-electron chi connectivity index (χ2n) is 4.97. The Hall–Kier alpha value is -0.513. The molecule has 0 aromatic carbocycles. The zero-order valence-electron chi connectivity index (χ0n) is 13.6. The van der Waals surface area contributed by atoms with Crippen LogP contribution < -0.4 is 0 Å². The Morgan fingerprint density at radius 1 is 1.00 bits per heavy atom. The largest absolute Gasteiger partial charge is 0.514 e. The first kappa shape index (κ1) is 18.5. The van der Waals surface area contributed by atoms with Crippen LogP contribution >= 0.6 is 0 Å². The van der Waals surface area contributed by atoms with Crippen LogP contribution in [0.5, 0.6) is 0 Å². The van der Waals surface area contributed by atoms with Crippen LogP contribution in [0, 0.1) is 0 Å². The number of piperazine rings is 1. The lowest BCUT2D eigenvalue weighted by Crippen LogP contribution is -2.57. The van der Waals surface area contributed by atoms with Crippen molar-refractivity contribution < 1.29 is 22.8 Å². The molecule has 0 unspecified atom stereocenters. The summed E-state index contributed by atoms with van der Waals surface area (Å²) in [6, 6.07) is 0. The standard InChI is InChI=1S/C13H28N2O5Si/c1-5-20-13(16)6-7-14-8-10-15(11-9-14)12-21(17-2,18-3)19-4/h5-12H2,1-4H3. The predicted octanol–water partition coefficient (Wildman–Crippen LogP) is -0.0255. The van der Waals surface area contributed by atoms with E-state index in [1.807, 2.05) is 6.92 Å². The second-order valence-corrected chi connectivity index (χ2v) is 7.88. The fourth-order valence-electron chi connectivity index (χ4n) is 2.37. The Balaban J connectivity index is 2.30. The molecule has 1 rings (SSSR count). The summed E-state index contributed by atoms with van der Waals surface area (Å²) >= 11 is 0. The molecule has 124 valence electrons. The molecule has 0 aromatic heterocycles. The zero-order valence-corrected chi connectivity index (χ0v) is 14.6. The number of carbonyl (C=O) groups excluding carboxylic acids is 1. The van der Waals surface area contributed by atoms with Gasteiger partial charge in [0.1, 0.15) is 0 Å². The third kappa shape index (κ3) is 6.01. The molecule has 0 radical (unpaired) electrons. The van der Waals surface area contributed by atoms with E-state index in [1.165, 1.54) is 0 Å². The van der Waals surface area contributed by atoms with Gasteiger partial charge >= 0.3 is 14.8 Å². The summed E-state index contributed by atoms with van der Waals surface area (Å²) in [5.74, 6) is -0.121. The highest BCUT2D eigenvalue weighted by molar-refractivity contribution is 6.60. The van der Waals surface area contributed by atoms with E-state index in [4.69, 9.17) is 18.0 Å². The Morgan fingerprint density at radius 2 is 1.52 bits per heavy atom. The molecular weight excluding hydrogens is 292 g/mol. The summed E-state index contributed by atoms with van der Waals surface area (Å²) in [6.45, 7) is 6.75. The van der Waals surface area contributed by atoms with Gasteiger partial charge in [0.05, 0.1) is 19.2 Å². The van der Waals surface area contributed by atoms with Gasteiger partial charge in [-0.3, -0.25) is 9.69 Å². The van der Waals surface area contributed by atoms with Crippen molar-refractivity contribution in [1.29, 1.82) is 0 Å². The van der Waals surface area contributed by atoms with Crippen LogP contribution in [-0.2, 0) is 22.8 Å². The first-order valence-electron chi connectivity index (χ1n) is 7.35. The monoisotopic (exact) mass is 320 g/mol. The Kier molecular flexibility index (Phi) is 8.38. The molecule has 1 aliphatic heterocycles. The van der Waals surface area contributed by atoms with E-state index in [2.05, 4.69) is 9.80 Å². The number of ether oxygens (including phenoxy) is 1. The fourth-order valence-corrected chi connectivity index (χ4v) is 4.12. The van der Waals surface area contributed by atoms with E-state index >= 15 is 0 Å². The summed E-state index contributed by atoms with van der Waals surface area (Å²) in [6.07, 6.45) is 1.16. The van der Waals surface area contributed by atoms with Gasteiger partial charge in [0.2, 0.25) is 0 Å². The summed E-state index contributed by atoms with van der Waals surface area (Å²) in [5, 5.41) is 0. The van der Waals surface area contributed by atoms with Crippen LogP contribution in [-0.4, -0.2) is 91.4 Å². The van der Waals surface area contributed by atoms with Crippen molar-refractivity contribution in [2.24, 2.45) is 0 Å². The van der Waals surface area contributed by atoms with Gasteiger partial charge in [-0.25, -0.2) is 0 Å². The van der Waals surface area contributed by atoms with Gasteiger partial charge in [-0.05, 0) is 6.92 Å². The van der Waals surface area contributed by atoms with Gasteiger partial charge in [-0.2, -0.15) is 0 Å². The minimum Gasteiger partial charge on any atom is -0.466 e. The van der Waals surface area contributed by atoms with Gasteiger partial charge in [-0.1, -0.05) is 0 Å². The van der Waals surface area contributed by atoms with E-state index in [0.717, 1.165) is 32.7 Å². The number of nitrogens with zero attached hydrogens (tertiary/aromatic N) is 2. The molecule has 0 aromatic rings. The van der Waals surface area contributed by atoms with Crippen molar-refractivity contribution in [1.82, 2.24) is 9.80 Å². The second kappa shape index (κ2) is 9.49. The van der Waals surface area contributed by atoms with E-state index in [-0.39, 0.29) is 5.97 Å². The van der Waals surface area contributed by atoms with Crippen LogP contribution in [0.15, 0.2) is 0 Å². The summed E-state index contributed by atoms with van der Waals surface area (Å²) in [5.41, 5.74) is 0. The molecule has 1 fully saturated rings. The molecule has 1 aliphatic rings. The highest BCUT2D eigenvalue weighted by atomic mass is 28.4. The van der Waals surface area contributed by atoms with Crippen molar-refractivity contribution >= 4 is 14.8 Å². The first-order valence-corrected chi connectivity index (χ1v) is 9.28. The van der Waals surface area contributed by atoms with Crippen LogP contribution in [0.1, 0.15) is 13.3 Å². The van der Waals surface area contributed by atoms with E-state index < -0.39 is 8.80 Å². The lowest BCUT2D eigenvalue weighted by Gasteiger charge is -2.37. The lowest BCUT2D eigenvalue weighted by molar-refractivity contribution is -0.143. The molecule has 0 atom stereocenters. The van der Waals surface area contributed by atoms with E-state index in [9.17, 15) is 4.79 Å². The SMILES string of the molecule is CCOC(=O)CCN1CCN(C[Si](OC)(OC)OC)CC1. The van der Waals surface area contributed by atoms with Crippen molar-refractivity contribution in [3.05, 3.63) is 0 Å². The van der Waals surface area contributed by atoms with Gasteiger partial charge in [-0.15, -0.1) is 0 Å². The molecule has 0 amide bonds. The van der Waals surface area contributed by atoms with Crippen molar-refractivity contribution in [3.8, 4) is 0 Å². The molecular formula is C13H28N2O5Si. The Labute approximate surface area is 128 Å². The highest BCUT2D eigenvalue weighted by Gasteiger charge is 2.40. The quantitative estimate of drug-likeness (QED) is 0.437. The number of hydrogen-bond donors (Lipinski definition) is 0. The molecule has 21 heavy (non-hydrogen) atoms. The van der Waals surface area contributed by atoms with Gasteiger partial charge < -0.3 is 22.9 Å². The average Bonchev–Trinajstić information content (AvgIpc) is 2.52. The minimum absolute atomic E-state index is 0.121. The molecule has 7 nitrogen and oxygen atoms in total. The summed E-state index contributed by atoms with van der Waals surface area (Å²) in [4.78, 5) is 15.9. The average molecular weight is 320 g/mol. The number of carbonyl (C=O) groups is 1. The Bertz CT molecular complexity index is 299. The van der Waals surface area contributed by atoms with Crippen LogP contribution in [0.3, 0.4) is 0 Å². The van der Waals surface area contributed by atoms with Crippen LogP contribution in [0.2, 0.25) is 0 Å². The molecule has 0 N–H and O–H groups in total. The van der Waals surface area contributed by atoms with Crippen molar-refractivity contribution in [2.75, 3.05) is 66.8 Å². The molecule has 0 saturated carbocycles. The third-order valence-electron chi connectivity index (χ3n) is 3.75. The smallest absolute Gasteiger partial charge is 0.466 e. The van der Waals surface area contributed by atoms with Crippen LogP contribution in [0.4, 0.5) is 0 Å². The maximum absolute atomic E-state index is 11.4. The topological polar surface area (TPSA) is 60.5 Å². The van der Waals surface area contributed by atoms with Gasteiger partial charge in [0.25, 0.3) is 0 Å². The van der Waals surface area contributed by atoms with Crippen molar-refractivity contribution in [2.45, 2.75) is 13.3 Å². The van der Waals surface area contributed by atoms with E-state index in [0.29, 0.717) is 19.2 Å². The van der Waals surface area contributed by atoms with Gasteiger partial charge in [0.15, 0.2) is 0 Å². The molecule has 0 bridgehead atoms. The van der Waals surface area contributed by atoms with E-state index in [1.54, 1.807) is 21.3 Å². The molecule has 0 aliphatic carbocycles.